The van der Waals surface area contributed by atoms with E-state index in [1.54, 1.807) is 29.0 Å². The number of carbonyl (C=O) groups excluding carboxylic acids is 1. The molecule has 2 aromatic carbocycles. The molecule has 0 bridgehead atoms. The van der Waals surface area contributed by atoms with E-state index in [1.807, 2.05) is 30.3 Å². The van der Waals surface area contributed by atoms with E-state index in [0.29, 0.717) is 5.03 Å². The number of amides is 1. The monoisotopic (exact) mass is 406 g/mol. The molecule has 0 aliphatic carbocycles. The quantitative estimate of drug-likeness (QED) is 0.466. The van der Waals surface area contributed by atoms with Crippen LogP contribution < -0.4 is 5.32 Å². The Kier molecular flexibility index (Phi) is 5.57. The minimum atomic E-state index is -0.286. The molecule has 0 unspecified atom stereocenters. The summed E-state index contributed by atoms with van der Waals surface area (Å²) in [6.07, 6.45) is 4.26. The number of nitrogens with one attached hydrogen (secondary N) is 1. The second-order valence-electron chi connectivity index (χ2n) is 6.45. The number of hydrogen-bond donors (Lipinski definition) is 1. The van der Waals surface area contributed by atoms with Crippen LogP contribution >= 0.6 is 11.8 Å². The zero-order valence-corrected chi connectivity index (χ0v) is 16.6. The number of fused-ring (bicyclic) bond motifs is 1. The van der Waals surface area contributed by atoms with Gasteiger partial charge in [-0.05, 0) is 48.4 Å². The summed E-state index contributed by atoms with van der Waals surface area (Å²) in [6, 6.07) is 15.9. The lowest BCUT2D eigenvalue weighted by atomic mass is 10.1. The van der Waals surface area contributed by atoms with Gasteiger partial charge >= 0.3 is 0 Å². The molecule has 5 nitrogen and oxygen atoms in total. The molecule has 0 fully saturated rings. The van der Waals surface area contributed by atoms with E-state index < -0.39 is 0 Å². The van der Waals surface area contributed by atoms with Crippen LogP contribution in [0.4, 0.5) is 10.1 Å². The highest BCUT2D eigenvalue weighted by atomic mass is 32.2. The molecule has 0 spiro atoms. The summed E-state index contributed by atoms with van der Waals surface area (Å²) >= 11 is 1.36. The number of anilines is 1. The van der Waals surface area contributed by atoms with Crippen molar-refractivity contribution < 1.29 is 9.18 Å². The van der Waals surface area contributed by atoms with Crippen LogP contribution in [0.25, 0.3) is 16.8 Å². The summed E-state index contributed by atoms with van der Waals surface area (Å²) < 4.78 is 14.9. The van der Waals surface area contributed by atoms with Crippen LogP contribution in [-0.2, 0) is 11.2 Å². The van der Waals surface area contributed by atoms with Crippen molar-refractivity contribution in [2.24, 2.45) is 0 Å². The summed E-state index contributed by atoms with van der Waals surface area (Å²) in [6.45, 7) is 2.06. The van der Waals surface area contributed by atoms with E-state index in [2.05, 4.69) is 22.3 Å². The highest BCUT2D eigenvalue weighted by Gasteiger charge is 2.12. The average Bonchev–Trinajstić information content (AvgIpc) is 3.18. The normalized spacial score (nSPS) is 11.0. The summed E-state index contributed by atoms with van der Waals surface area (Å²) in [5.41, 5.74) is 4.29. The van der Waals surface area contributed by atoms with Crippen molar-refractivity contribution in [1.82, 2.24) is 14.6 Å². The van der Waals surface area contributed by atoms with Crippen molar-refractivity contribution in [3.05, 3.63) is 78.4 Å². The molecule has 7 heteroatoms. The molecule has 2 heterocycles. The zero-order chi connectivity index (χ0) is 20.2. The van der Waals surface area contributed by atoms with Crippen LogP contribution in [0.1, 0.15) is 12.5 Å². The highest BCUT2D eigenvalue weighted by Crippen LogP contribution is 2.26. The minimum absolute atomic E-state index is 0.0852. The largest absolute Gasteiger partial charge is 0.325 e. The number of carbonyl (C=O) groups is 1. The molecule has 0 aliphatic heterocycles. The maximum atomic E-state index is 13.2. The van der Waals surface area contributed by atoms with E-state index in [-0.39, 0.29) is 17.5 Å². The fourth-order valence-electron chi connectivity index (χ4n) is 3.04. The summed E-state index contributed by atoms with van der Waals surface area (Å²) in [4.78, 5) is 16.8. The number of rotatable bonds is 6. The van der Waals surface area contributed by atoms with Gasteiger partial charge in [-0.3, -0.25) is 4.79 Å². The molecular weight excluding hydrogens is 387 g/mol. The van der Waals surface area contributed by atoms with E-state index >= 15 is 0 Å². The van der Waals surface area contributed by atoms with Gasteiger partial charge in [0.1, 0.15) is 10.8 Å². The molecule has 4 rings (SSSR count). The number of halogens is 1. The Morgan fingerprint density at radius 1 is 1.17 bits per heavy atom. The lowest BCUT2D eigenvalue weighted by Gasteiger charge is -2.09. The van der Waals surface area contributed by atoms with Gasteiger partial charge in [0.25, 0.3) is 0 Å². The van der Waals surface area contributed by atoms with Gasteiger partial charge in [-0.2, -0.15) is 5.10 Å². The third-order valence-electron chi connectivity index (χ3n) is 4.51. The number of hydrogen-bond acceptors (Lipinski definition) is 4. The van der Waals surface area contributed by atoms with Crippen molar-refractivity contribution in [2.45, 2.75) is 18.4 Å². The standard InChI is InChI=1S/C22H19FN4OS/c1-2-15-5-3-4-6-18(15)25-21(28)14-29-22-20-13-19(26-27(20)12-11-24-22)16-7-9-17(23)10-8-16/h3-13H,2,14H2,1H3,(H,25,28). The molecule has 1 N–H and O–H groups in total. The lowest BCUT2D eigenvalue weighted by molar-refractivity contribution is -0.113. The number of aromatic nitrogens is 3. The van der Waals surface area contributed by atoms with Crippen LogP contribution in [0, 0.1) is 5.82 Å². The first-order valence-electron chi connectivity index (χ1n) is 9.25. The van der Waals surface area contributed by atoms with Crippen molar-refractivity contribution in [1.29, 1.82) is 0 Å². The van der Waals surface area contributed by atoms with E-state index in [1.165, 1.54) is 23.9 Å². The highest BCUT2D eigenvalue weighted by molar-refractivity contribution is 8.00. The minimum Gasteiger partial charge on any atom is -0.325 e. The number of benzene rings is 2. The Hall–Kier alpha value is -3.19. The molecule has 4 aromatic rings. The Bertz CT molecular complexity index is 1160. The molecule has 1 amide bonds. The molecule has 146 valence electrons. The molecule has 0 radical (unpaired) electrons. The van der Waals surface area contributed by atoms with Gasteiger partial charge < -0.3 is 5.32 Å². The Morgan fingerprint density at radius 2 is 1.97 bits per heavy atom. The molecule has 29 heavy (non-hydrogen) atoms. The fourth-order valence-corrected chi connectivity index (χ4v) is 3.82. The third-order valence-corrected chi connectivity index (χ3v) is 5.50. The first kappa shape index (κ1) is 19.1. The zero-order valence-electron chi connectivity index (χ0n) is 15.8. The van der Waals surface area contributed by atoms with Crippen LogP contribution in [0.15, 0.2) is 72.0 Å². The van der Waals surface area contributed by atoms with Crippen molar-refractivity contribution >= 4 is 28.9 Å². The van der Waals surface area contributed by atoms with E-state index in [4.69, 9.17) is 0 Å². The van der Waals surface area contributed by atoms with Gasteiger partial charge in [-0.25, -0.2) is 13.9 Å². The smallest absolute Gasteiger partial charge is 0.234 e. The molecule has 0 saturated carbocycles. The Balaban J connectivity index is 1.50. The van der Waals surface area contributed by atoms with Crippen LogP contribution in [0.2, 0.25) is 0 Å². The molecule has 0 atom stereocenters. The summed E-state index contributed by atoms with van der Waals surface area (Å²) in [5.74, 6) is -0.133. The molecule has 0 aliphatic rings. The van der Waals surface area contributed by atoms with Gasteiger partial charge in [-0.15, -0.1) is 0 Å². The average molecular weight is 406 g/mol. The van der Waals surface area contributed by atoms with Crippen LogP contribution in [0.5, 0.6) is 0 Å². The maximum absolute atomic E-state index is 13.2. The molecular formula is C22H19FN4OS. The maximum Gasteiger partial charge on any atom is 0.234 e. The Labute approximate surface area is 172 Å². The van der Waals surface area contributed by atoms with Crippen molar-refractivity contribution in [2.75, 3.05) is 11.1 Å². The van der Waals surface area contributed by atoms with Gasteiger partial charge in [0.2, 0.25) is 5.91 Å². The van der Waals surface area contributed by atoms with Crippen LogP contribution in [-0.4, -0.2) is 26.3 Å². The van der Waals surface area contributed by atoms with E-state index in [0.717, 1.165) is 34.4 Å². The Morgan fingerprint density at radius 3 is 2.76 bits per heavy atom. The second-order valence-corrected chi connectivity index (χ2v) is 7.41. The first-order chi connectivity index (χ1) is 14.1. The van der Waals surface area contributed by atoms with Crippen molar-refractivity contribution in [3.8, 4) is 11.3 Å². The number of para-hydroxylation sites is 1. The fraction of sp³-hybridized carbons (Fsp3) is 0.136. The number of nitrogens with zero attached hydrogens (tertiary/aromatic N) is 3. The lowest BCUT2D eigenvalue weighted by Crippen LogP contribution is -2.15. The first-order valence-corrected chi connectivity index (χ1v) is 10.2. The van der Waals surface area contributed by atoms with Gasteiger partial charge in [0, 0.05) is 23.6 Å². The van der Waals surface area contributed by atoms with Crippen molar-refractivity contribution in [3.63, 3.8) is 0 Å². The predicted octanol–water partition coefficient (Wildman–Crippen LogP) is 4.83. The third kappa shape index (κ3) is 4.30. The topological polar surface area (TPSA) is 59.3 Å². The second kappa shape index (κ2) is 8.45. The SMILES string of the molecule is CCc1ccccc1NC(=O)CSc1nccn2nc(-c3ccc(F)cc3)cc12. The van der Waals surface area contributed by atoms with Gasteiger partial charge in [0.05, 0.1) is 17.0 Å². The summed E-state index contributed by atoms with van der Waals surface area (Å²) in [5, 5.41) is 8.22. The van der Waals surface area contributed by atoms with E-state index in [9.17, 15) is 9.18 Å². The molecule has 0 saturated heterocycles. The van der Waals surface area contributed by atoms with Gasteiger partial charge in [-0.1, -0.05) is 36.9 Å². The summed E-state index contributed by atoms with van der Waals surface area (Å²) in [7, 11) is 0. The van der Waals surface area contributed by atoms with Crippen LogP contribution in [0.3, 0.4) is 0 Å². The number of aryl methyl sites for hydroxylation is 1. The molecule has 2 aromatic heterocycles. The number of thioether (sulfide) groups is 1. The van der Waals surface area contributed by atoms with Gasteiger partial charge in [0.15, 0.2) is 0 Å². The predicted molar refractivity (Wildman–Crippen MR) is 114 cm³/mol.